The highest BCUT2D eigenvalue weighted by Crippen LogP contribution is 2.46. The summed E-state index contributed by atoms with van der Waals surface area (Å²) in [6.07, 6.45) is 6.03. The van der Waals surface area contributed by atoms with Gasteiger partial charge in [-0.3, -0.25) is 9.59 Å². The van der Waals surface area contributed by atoms with E-state index < -0.39 is 5.82 Å². The Morgan fingerprint density at radius 2 is 1.67 bits per heavy atom. The lowest BCUT2D eigenvalue weighted by atomic mass is 9.67. The normalized spacial score (nSPS) is 21.9. The van der Waals surface area contributed by atoms with Crippen LogP contribution in [-0.4, -0.2) is 11.8 Å². The van der Waals surface area contributed by atoms with Crippen LogP contribution in [0.4, 0.5) is 10.1 Å². The number of amides is 2. The van der Waals surface area contributed by atoms with Crippen LogP contribution in [0.5, 0.6) is 0 Å². The molecule has 0 atom stereocenters. The minimum Gasteiger partial charge on any atom is -0.274 e. The fourth-order valence-corrected chi connectivity index (χ4v) is 4.01. The smallest absolute Gasteiger partial charge is 0.234 e. The van der Waals surface area contributed by atoms with Crippen molar-refractivity contribution in [2.45, 2.75) is 44.9 Å². The maximum absolute atomic E-state index is 13.4. The zero-order valence-electron chi connectivity index (χ0n) is 11.7. The van der Waals surface area contributed by atoms with E-state index in [2.05, 4.69) is 15.9 Å². The highest BCUT2D eigenvalue weighted by atomic mass is 79.9. The van der Waals surface area contributed by atoms with E-state index in [0.29, 0.717) is 23.0 Å². The van der Waals surface area contributed by atoms with Gasteiger partial charge in [0.15, 0.2) is 0 Å². The van der Waals surface area contributed by atoms with Gasteiger partial charge >= 0.3 is 0 Å². The van der Waals surface area contributed by atoms with Crippen molar-refractivity contribution < 1.29 is 14.0 Å². The number of halogens is 2. The standard InChI is InChI=1S/C16H17BrFNO2/c17-12-5-4-11(18)8-13(12)19-14(20)9-16(10-15(19)21)6-2-1-3-7-16/h4-5,8H,1-3,6-7,9-10H2. The Bertz CT molecular complexity index is 576. The molecule has 1 aliphatic heterocycles. The SMILES string of the molecule is O=C1CC2(CCCCC2)CC(=O)N1c1cc(F)ccc1Br. The molecule has 1 spiro atoms. The lowest BCUT2D eigenvalue weighted by Crippen LogP contribution is -2.49. The number of carbonyl (C=O) groups excluding carboxylic acids is 2. The highest BCUT2D eigenvalue weighted by molar-refractivity contribution is 9.10. The molecule has 2 fully saturated rings. The zero-order chi connectivity index (χ0) is 15.0. The third-order valence-electron chi connectivity index (χ3n) is 4.61. The minimum atomic E-state index is -0.452. The maximum atomic E-state index is 13.4. The molecule has 1 saturated heterocycles. The van der Waals surface area contributed by atoms with Crippen molar-refractivity contribution in [3.8, 4) is 0 Å². The van der Waals surface area contributed by atoms with Gasteiger partial charge in [0.05, 0.1) is 5.69 Å². The van der Waals surface area contributed by atoms with Crippen LogP contribution < -0.4 is 4.90 Å². The zero-order valence-corrected chi connectivity index (χ0v) is 13.3. The number of hydrogen-bond acceptors (Lipinski definition) is 2. The Morgan fingerprint density at radius 3 is 2.29 bits per heavy atom. The van der Waals surface area contributed by atoms with E-state index in [-0.39, 0.29) is 17.2 Å². The third-order valence-corrected chi connectivity index (χ3v) is 5.29. The number of nitrogens with zero attached hydrogens (tertiary/aromatic N) is 1. The van der Waals surface area contributed by atoms with Crippen LogP contribution in [0, 0.1) is 11.2 Å². The van der Waals surface area contributed by atoms with Gasteiger partial charge in [0.1, 0.15) is 5.82 Å². The summed E-state index contributed by atoms with van der Waals surface area (Å²) in [5.41, 5.74) is 0.165. The van der Waals surface area contributed by atoms with Crippen molar-refractivity contribution in [2.24, 2.45) is 5.41 Å². The molecule has 2 amide bonds. The number of carbonyl (C=O) groups is 2. The molecule has 0 N–H and O–H groups in total. The van der Waals surface area contributed by atoms with Crippen LogP contribution in [-0.2, 0) is 9.59 Å². The van der Waals surface area contributed by atoms with Crippen LogP contribution in [0.15, 0.2) is 22.7 Å². The molecule has 1 saturated carbocycles. The van der Waals surface area contributed by atoms with Gasteiger partial charge in [-0.05, 0) is 52.4 Å². The van der Waals surface area contributed by atoms with Gasteiger partial charge in [0.25, 0.3) is 0 Å². The van der Waals surface area contributed by atoms with Crippen LogP contribution in [0.25, 0.3) is 0 Å². The van der Waals surface area contributed by atoms with E-state index in [9.17, 15) is 14.0 Å². The van der Waals surface area contributed by atoms with Gasteiger partial charge < -0.3 is 0 Å². The Labute approximate surface area is 131 Å². The first-order chi connectivity index (χ1) is 10.0. The van der Waals surface area contributed by atoms with Crippen LogP contribution in [0.1, 0.15) is 44.9 Å². The number of piperidine rings is 1. The molecule has 0 unspecified atom stereocenters. The van der Waals surface area contributed by atoms with Gasteiger partial charge in [0.2, 0.25) is 11.8 Å². The highest BCUT2D eigenvalue weighted by Gasteiger charge is 2.44. The van der Waals surface area contributed by atoms with Crippen LogP contribution in [0.3, 0.4) is 0 Å². The predicted octanol–water partition coefficient (Wildman–Crippen LogP) is 4.19. The molecule has 2 aliphatic rings. The van der Waals surface area contributed by atoms with E-state index in [1.54, 1.807) is 0 Å². The molecule has 3 rings (SSSR count). The molecule has 0 aromatic heterocycles. The average molecular weight is 354 g/mol. The summed E-state index contributed by atoms with van der Waals surface area (Å²) < 4.78 is 14.0. The van der Waals surface area contributed by atoms with Crippen molar-refractivity contribution in [2.75, 3.05) is 4.90 Å². The van der Waals surface area contributed by atoms with Gasteiger partial charge in [-0.25, -0.2) is 9.29 Å². The van der Waals surface area contributed by atoms with Gasteiger partial charge in [-0.2, -0.15) is 0 Å². The molecule has 112 valence electrons. The fourth-order valence-electron chi connectivity index (χ4n) is 3.58. The Hall–Kier alpha value is -1.23. The van der Waals surface area contributed by atoms with Crippen molar-refractivity contribution >= 4 is 33.4 Å². The Kier molecular flexibility index (Phi) is 3.86. The topological polar surface area (TPSA) is 37.4 Å². The number of rotatable bonds is 1. The summed E-state index contributed by atoms with van der Waals surface area (Å²) in [6.45, 7) is 0. The van der Waals surface area contributed by atoms with Crippen molar-refractivity contribution in [1.82, 2.24) is 0 Å². The predicted molar refractivity (Wildman–Crippen MR) is 81.3 cm³/mol. The second-order valence-electron chi connectivity index (χ2n) is 6.13. The van der Waals surface area contributed by atoms with Crippen molar-refractivity contribution in [3.05, 3.63) is 28.5 Å². The van der Waals surface area contributed by atoms with Crippen molar-refractivity contribution in [3.63, 3.8) is 0 Å². The monoisotopic (exact) mass is 353 g/mol. The molecule has 1 heterocycles. The minimum absolute atomic E-state index is 0.150. The quantitative estimate of drug-likeness (QED) is 0.709. The van der Waals surface area contributed by atoms with Crippen molar-refractivity contribution in [1.29, 1.82) is 0 Å². The molecule has 5 heteroatoms. The molecule has 1 aromatic carbocycles. The lowest BCUT2D eigenvalue weighted by molar-refractivity contribution is -0.134. The number of anilines is 1. The largest absolute Gasteiger partial charge is 0.274 e. The Balaban J connectivity index is 1.90. The molecule has 0 bridgehead atoms. The summed E-state index contributed by atoms with van der Waals surface area (Å²) in [6, 6.07) is 4.06. The van der Waals surface area contributed by atoms with E-state index in [0.717, 1.165) is 30.6 Å². The average Bonchev–Trinajstić information content (AvgIpc) is 2.42. The fraction of sp³-hybridized carbons (Fsp3) is 0.500. The van der Waals surface area contributed by atoms with Crippen LogP contribution >= 0.6 is 15.9 Å². The summed E-state index contributed by atoms with van der Waals surface area (Å²) >= 11 is 3.30. The molecule has 21 heavy (non-hydrogen) atoms. The second kappa shape index (κ2) is 5.52. The molecule has 0 radical (unpaired) electrons. The van der Waals surface area contributed by atoms with Gasteiger partial charge in [-0.15, -0.1) is 0 Å². The summed E-state index contributed by atoms with van der Waals surface area (Å²) in [5.74, 6) is -0.870. The number of hydrogen-bond donors (Lipinski definition) is 0. The van der Waals surface area contributed by atoms with E-state index in [4.69, 9.17) is 0 Å². The van der Waals surface area contributed by atoms with Gasteiger partial charge in [0, 0.05) is 17.3 Å². The summed E-state index contributed by atoms with van der Waals surface area (Å²) in [5, 5.41) is 0. The number of imide groups is 1. The molecule has 3 nitrogen and oxygen atoms in total. The van der Waals surface area contributed by atoms with E-state index in [1.165, 1.54) is 24.6 Å². The number of benzene rings is 1. The lowest BCUT2D eigenvalue weighted by Gasteiger charge is -2.42. The first-order valence-electron chi connectivity index (χ1n) is 7.32. The summed E-state index contributed by atoms with van der Waals surface area (Å²) in [4.78, 5) is 26.2. The molecule has 1 aromatic rings. The van der Waals surface area contributed by atoms with E-state index >= 15 is 0 Å². The third kappa shape index (κ3) is 2.76. The molecular weight excluding hydrogens is 337 g/mol. The Morgan fingerprint density at radius 1 is 1.05 bits per heavy atom. The summed E-state index contributed by atoms with van der Waals surface area (Å²) in [7, 11) is 0. The molecule has 1 aliphatic carbocycles. The van der Waals surface area contributed by atoms with Crippen LogP contribution in [0.2, 0.25) is 0 Å². The second-order valence-corrected chi connectivity index (χ2v) is 6.99. The first-order valence-corrected chi connectivity index (χ1v) is 8.11. The maximum Gasteiger partial charge on any atom is 0.234 e. The van der Waals surface area contributed by atoms with E-state index in [1.807, 2.05) is 0 Å². The van der Waals surface area contributed by atoms with Gasteiger partial charge in [-0.1, -0.05) is 19.3 Å². The molecular formula is C16H17BrFNO2. The first kappa shape index (κ1) is 14.7.